The van der Waals surface area contributed by atoms with E-state index in [1.54, 1.807) is 22.6 Å². The zero-order chi connectivity index (χ0) is 13.1. The maximum Gasteiger partial charge on any atom is 0.574 e. The van der Waals surface area contributed by atoms with Crippen molar-refractivity contribution in [3.05, 3.63) is 20.9 Å². The number of pyridine rings is 1. The number of rotatable bonds is 3. The van der Waals surface area contributed by atoms with Crippen LogP contribution in [-0.2, 0) is 13.1 Å². The molecule has 0 atom stereocenters. The molecule has 0 amide bonds. The predicted octanol–water partition coefficient (Wildman–Crippen LogP) is 3.12. The Morgan fingerprint density at radius 3 is 2.53 bits per heavy atom. The van der Waals surface area contributed by atoms with E-state index in [2.05, 4.69) is 9.72 Å². The van der Waals surface area contributed by atoms with Crippen molar-refractivity contribution in [3.8, 4) is 11.9 Å². The van der Waals surface area contributed by atoms with E-state index in [0.717, 1.165) is 6.07 Å². The van der Waals surface area contributed by atoms with Gasteiger partial charge < -0.3 is 4.74 Å². The fraction of sp³-hybridized carbons (Fsp3) is 0.333. The molecule has 0 saturated heterocycles. The van der Waals surface area contributed by atoms with Crippen LogP contribution in [0.5, 0.6) is 5.88 Å². The first-order valence-electron chi connectivity index (χ1n) is 4.24. The van der Waals surface area contributed by atoms with Gasteiger partial charge in [0, 0.05) is 5.56 Å². The summed E-state index contributed by atoms with van der Waals surface area (Å²) in [5.41, 5.74) is 0.0447. The number of hydrogen-bond acceptors (Lipinski definition) is 3. The third-order valence-electron chi connectivity index (χ3n) is 1.71. The van der Waals surface area contributed by atoms with Crippen molar-refractivity contribution in [3.63, 3.8) is 0 Å². The molecule has 17 heavy (non-hydrogen) atoms. The van der Waals surface area contributed by atoms with E-state index in [9.17, 15) is 17.6 Å². The molecule has 0 aromatic carbocycles. The molecule has 0 bridgehead atoms. The molecule has 0 radical (unpaired) electrons. The Hall–Kier alpha value is -1.11. The van der Waals surface area contributed by atoms with Crippen molar-refractivity contribution in [1.82, 2.24) is 4.98 Å². The minimum atomic E-state index is -4.92. The van der Waals surface area contributed by atoms with E-state index < -0.39 is 18.9 Å². The van der Waals surface area contributed by atoms with E-state index in [1.165, 1.54) is 0 Å². The monoisotopic (exact) mass is 360 g/mol. The van der Waals surface area contributed by atoms with Crippen LogP contribution in [0.4, 0.5) is 17.6 Å². The summed E-state index contributed by atoms with van der Waals surface area (Å²) in [6.07, 6.45) is -4.97. The van der Waals surface area contributed by atoms with Crippen LogP contribution < -0.4 is 4.74 Å². The van der Waals surface area contributed by atoms with Crippen LogP contribution in [0.2, 0.25) is 0 Å². The molecule has 0 aliphatic carbocycles. The summed E-state index contributed by atoms with van der Waals surface area (Å²) in [6, 6.07) is 2.97. The Morgan fingerprint density at radius 2 is 2.06 bits per heavy atom. The van der Waals surface area contributed by atoms with Crippen LogP contribution in [0.25, 0.3) is 0 Å². The van der Waals surface area contributed by atoms with Crippen LogP contribution in [0.3, 0.4) is 0 Å². The highest BCUT2D eigenvalue weighted by molar-refractivity contribution is 14.1. The van der Waals surface area contributed by atoms with Crippen molar-refractivity contribution in [2.75, 3.05) is 0 Å². The number of hydrogen-bond donors (Lipinski definition) is 0. The topological polar surface area (TPSA) is 45.9 Å². The van der Waals surface area contributed by atoms with Crippen LogP contribution >= 0.6 is 22.6 Å². The molecule has 0 fully saturated rings. The van der Waals surface area contributed by atoms with Gasteiger partial charge in [0.05, 0.1) is 12.5 Å². The van der Waals surface area contributed by atoms with Crippen molar-refractivity contribution >= 4 is 22.6 Å². The summed E-state index contributed by atoms with van der Waals surface area (Å²) in [7, 11) is 0. The first-order chi connectivity index (χ1) is 7.87. The van der Waals surface area contributed by atoms with Gasteiger partial charge in [-0.2, -0.15) is 5.26 Å². The first kappa shape index (κ1) is 14.0. The minimum Gasteiger partial charge on any atom is -0.387 e. The molecular formula is C9H5F4IN2O. The lowest BCUT2D eigenvalue weighted by Crippen LogP contribution is -2.19. The van der Waals surface area contributed by atoms with Gasteiger partial charge in [-0.3, -0.25) is 0 Å². The lowest BCUT2D eigenvalue weighted by Gasteiger charge is -2.12. The third-order valence-corrected chi connectivity index (χ3v) is 2.65. The Labute approximate surface area is 108 Å². The van der Waals surface area contributed by atoms with Crippen molar-refractivity contribution in [2.45, 2.75) is 19.5 Å². The van der Waals surface area contributed by atoms with Gasteiger partial charge in [0.15, 0.2) is 0 Å². The standard InChI is InChI=1S/C9H5F4IN2O/c10-4-6-3-5(1-2-15)7(14)16-8(6)17-9(11,12)13/h3H,1,4H2. The summed E-state index contributed by atoms with van der Waals surface area (Å²) in [5, 5.41) is 8.48. The molecule has 1 rings (SSSR count). The Bertz CT molecular complexity index is 456. The fourth-order valence-electron chi connectivity index (χ4n) is 1.07. The summed E-state index contributed by atoms with van der Waals surface area (Å²) < 4.78 is 52.3. The van der Waals surface area contributed by atoms with E-state index in [-0.39, 0.29) is 15.7 Å². The van der Waals surface area contributed by atoms with E-state index in [0.29, 0.717) is 5.56 Å². The first-order valence-corrected chi connectivity index (χ1v) is 5.32. The summed E-state index contributed by atoms with van der Waals surface area (Å²) in [6.45, 7) is -1.15. The van der Waals surface area contributed by atoms with Crippen LogP contribution in [0.15, 0.2) is 6.07 Å². The average Bonchev–Trinajstić information content (AvgIpc) is 2.20. The number of halogens is 5. The smallest absolute Gasteiger partial charge is 0.387 e. The second-order valence-electron chi connectivity index (χ2n) is 2.92. The second kappa shape index (κ2) is 5.48. The molecule has 1 heterocycles. The quantitative estimate of drug-likeness (QED) is 0.473. The van der Waals surface area contributed by atoms with Gasteiger partial charge in [-0.05, 0) is 34.2 Å². The van der Waals surface area contributed by atoms with E-state index in [1.807, 2.05) is 6.07 Å². The molecule has 0 N–H and O–H groups in total. The summed E-state index contributed by atoms with van der Waals surface area (Å²) >= 11 is 1.66. The Balaban J connectivity index is 3.15. The highest BCUT2D eigenvalue weighted by Crippen LogP contribution is 2.27. The maximum absolute atomic E-state index is 12.5. The van der Waals surface area contributed by atoms with Gasteiger partial charge in [0.1, 0.15) is 10.4 Å². The van der Waals surface area contributed by atoms with Crippen molar-refractivity contribution in [2.24, 2.45) is 0 Å². The lowest BCUT2D eigenvalue weighted by molar-refractivity contribution is -0.276. The van der Waals surface area contributed by atoms with Crippen LogP contribution in [0.1, 0.15) is 11.1 Å². The van der Waals surface area contributed by atoms with Gasteiger partial charge >= 0.3 is 6.36 Å². The molecule has 0 aliphatic heterocycles. The second-order valence-corrected chi connectivity index (χ2v) is 3.94. The van der Waals surface area contributed by atoms with Gasteiger partial charge in [-0.1, -0.05) is 0 Å². The highest BCUT2D eigenvalue weighted by Gasteiger charge is 2.33. The molecule has 0 spiro atoms. The third kappa shape index (κ3) is 3.99. The van der Waals surface area contributed by atoms with Crippen molar-refractivity contribution < 1.29 is 22.3 Å². The number of aromatic nitrogens is 1. The van der Waals surface area contributed by atoms with E-state index in [4.69, 9.17) is 5.26 Å². The minimum absolute atomic E-state index is 0.0510. The summed E-state index contributed by atoms with van der Waals surface area (Å²) in [5.74, 6) is -0.814. The van der Waals surface area contributed by atoms with Gasteiger partial charge in [-0.25, -0.2) is 9.37 Å². The number of ether oxygens (including phenoxy) is 1. The maximum atomic E-state index is 12.5. The lowest BCUT2D eigenvalue weighted by atomic mass is 10.1. The molecule has 3 nitrogen and oxygen atoms in total. The van der Waals surface area contributed by atoms with E-state index >= 15 is 0 Å². The molecule has 92 valence electrons. The zero-order valence-corrected chi connectivity index (χ0v) is 10.3. The molecule has 8 heteroatoms. The van der Waals surface area contributed by atoms with Crippen LogP contribution in [-0.4, -0.2) is 11.3 Å². The van der Waals surface area contributed by atoms with Crippen molar-refractivity contribution in [1.29, 1.82) is 5.26 Å². The van der Waals surface area contributed by atoms with Gasteiger partial charge in [-0.15, -0.1) is 13.2 Å². The molecule has 1 aromatic rings. The normalized spacial score (nSPS) is 11.1. The zero-order valence-electron chi connectivity index (χ0n) is 8.18. The summed E-state index contributed by atoms with van der Waals surface area (Å²) in [4.78, 5) is 3.50. The fourth-order valence-corrected chi connectivity index (χ4v) is 1.63. The highest BCUT2D eigenvalue weighted by atomic mass is 127. The average molecular weight is 360 g/mol. The Morgan fingerprint density at radius 1 is 1.41 bits per heavy atom. The number of nitrogens with zero attached hydrogens (tertiary/aromatic N) is 2. The molecule has 0 unspecified atom stereocenters. The predicted molar refractivity (Wildman–Crippen MR) is 57.8 cm³/mol. The van der Waals surface area contributed by atoms with Crippen LogP contribution in [0, 0.1) is 15.0 Å². The molecular weight excluding hydrogens is 355 g/mol. The molecule has 0 aliphatic rings. The molecule has 1 aromatic heterocycles. The number of alkyl halides is 4. The SMILES string of the molecule is N#CCc1cc(CF)c(OC(F)(F)F)nc1I. The van der Waals surface area contributed by atoms with Gasteiger partial charge in [0.25, 0.3) is 0 Å². The largest absolute Gasteiger partial charge is 0.574 e. The Kier molecular flexibility index (Phi) is 4.50. The number of nitriles is 1. The molecule has 0 saturated carbocycles. The van der Waals surface area contributed by atoms with Gasteiger partial charge in [0.2, 0.25) is 5.88 Å².